The first kappa shape index (κ1) is 29.0. The zero-order valence-corrected chi connectivity index (χ0v) is 20.7. The minimum Gasteiger partial charge on any atom is -0.464 e. The lowest BCUT2D eigenvalue weighted by atomic mass is 10.0. The smallest absolute Gasteiger partial charge is 0.410 e. The van der Waals surface area contributed by atoms with Crippen LogP contribution >= 0.6 is 11.6 Å². The topological polar surface area (TPSA) is 55.8 Å². The zero-order valence-electron chi connectivity index (χ0n) is 19.9. The van der Waals surface area contributed by atoms with Gasteiger partial charge in [-0.3, -0.25) is 4.90 Å². The normalized spacial score (nSPS) is 12.1. The highest BCUT2D eigenvalue weighted by molar-refractivity contribution is 6.18. The van der Waals surface area contributed by atoms with Crippen LogP contribution in [-0.4, -0.2) is 49.1 Å². The fraction of sp³-hybridized carbons (Fsp3) is 0.917. The van der Waals surface area contributed by atoms with Crippen molar-refractivity contribution in [2.75, 3.05) is 26.1 Å². The number of carbonyl (C=O) groups excluding carboxylic acids is 2. The number of carbonyl (C=O) groups is 2. The van der Waals surface area contributed by atoms with Crippen LogP contribution in [0, 0.1) is 5.92 Å². The molecule has 0 aromatic carbocycles. The number of unbranched alkanes of at least 4 members (excludes halogenated alkanes) is 11. The number of ether oxygens (including phenoxy) is 2. The van der Waals surface area contributed by atoms with Gasteiger partial charge in [-0.2, -0.15) is 0 Å². The van der Waals surface area contributed by atoms with E-state index in [0.717, 1.165) is 12.8 Å². The van der Waals surface area contributed by atoms with Gasteiger partial charge in [0, 0.05) is 7.05 Å². The molecule has 30 heavy (non-hydrogen) atoms. The number of hydrogen-bond acceptors (Lipinski definition) is 4. The molecule has 0 rings (SSSR count). The first-order chi connectivity index (χ1) is 14.4. The summed E-state index contributed by atoms with van der Waals surface area (Å²) in [5.41, 5.74) is 0. The maximum atomic E-state index is 12.5. The first-order valence-corrected chi connectivity index (χ1v) is 12.6. The highest BCUT2D eigenvalue weighted by Crippen LogP contribution is 2.15. The van der Waals surface area contributed by atoms with Crippen LogP contribution in [-0.2, 0) is 14.3 Å². The summed E-state index contributed by atoms with van der Waals surface area (Å²) >= 11 is 5.56. The van der Waals surface area contributed by atoms with Crippen molar-refractivity contribution in [3.63, 3.8) is 0 Å². The van der Waals surface area contributed by atoms with Crippen LogP contribution in [0.4, 0.5) is 4.79 Å². The van der Waals surface area contributed by atoms with Crippen LogP contribution in [0.3, 0.4) is 0 Å². The number of rotatable bonds is 19. The van der Waals surface area contributed by atoms with E-state index in [0.29, 0.717) is 13.0 Å². The van der Waals surface area contributed by atoms with Gasteiger partial charge in [0.25, 0.3) is 0 Å². The molecule has 0 N–H and O–H groups in total. The molecule has 0 spiro atoms. The number of nitrogens with zero attached hydrogens (tertiary/aromatic N) is 1. The summed E-state index contributed by atoms with van der Waals surface area (Å²) in [6, 6.07) is -0.620. The van der Waals surface area contributed by atoms with Crippen molar-refractivity contribution in [3.05, 3.63) is 0 Å². The van der Waals surface area contributed by atoms with Crippen LogP contribution in [0.5, 0.6) is 0 Å². The Morgan fingerprint density at radius 3 is 1.77 bits per heavy atom. The summed E-state index contributed by atoms with van der Waals surface area (Å²) in [7, 11) is 1.58. The largest absolute Gasteiger partial charge is 0.464 e. The van der Waals surface area contributed by atoms with E-state index < -0.39 is 12.1 Å². The number of alkyl halides is 1. The van der Waals surface area contributed by atoms with Crippen molar-refractivity contribution >= 4 is 23.7 Å². The summed E-state index contributed by atoms with van der Waals surface area (Å²) in [5.74, 6) is 0.146. The van der Waals surface area contributed by atoms with Crippen molar-refractivity contribution in [1.29, 1.82) is 0 Å². The lowest BCUT2D eigenvalue weighted by Crippen LogP contribution is -2.44. The van der Waals surface area contributed by atoms with Crippen molar-refractivity contribution in [2.24, 2.45) is 5.92 Å². The van der Waals surface area contributed by atoms with Gasteiger partial charge in [-0.25, -0.2) is 9.59 Å². The van der Waals surface area contributed by atoms with Gasteiger partial charge >= 0.3 is 12.1 Å². The molecule has 0 fully saturated rings. The third kappa shape index (κ3) is 15.8. The van der Waals surface area contributed by atoms with Crippen LogP contribution < -0.4 is 0 Å². The molecule has 5 nitrogen and oxygen atoms in total. The molecule has 0 aromatic heterocycles. The predicted octanol–water partition coefficient (Wildman–Crippen LogP) is 6.95. The van der Waals surface area contributed by atoms with Crippen LogP contribution in [0.15, 0.2) is 0 Å². The Hall–Kier alpha value is -0.970. The molecular formula is C24H46ClNO4. The molecule has 0 aliphatic rings. The summed E-state index contributed by atoms with van der Waals surface area (Å²) in [6.45, 7) is 6.83. The maximum Gasteiger partial charge on any atom is 0.410 e. The lowest BCUT2D eigenvalue weighted by Gasteiger charge is -2.27. The summed E-state index contributed by atoms with van der Waals surface area (Å²) in [6.07, 6.45) is 15.2. The van der Waals surface area contributed by atoms with Gasteiger partial charge in [0.05, 0.1) is 12.5 Å². The Morgan fingerprint density at radius 1 is 0.800 bits per heavy atom. The van der Waals surface area contributed by atoms with E-state index in [4.69, 9.17) is 21.1 Å². The standard InChI is InChI=1S/C24H46ClNO4/c1-5-6-7-8-9-10-11-12-13-14-15-16-18-29-23(27)22(20-21(2)3)26(4)24(28)30-19-17-25/h21-22H,5-20H2,1-4H3. The van der Waals surface area contributed by atoms with Crippen molar-refractivity contribution in [3.8, 4) is 0 Å². The van der Waals surface area contributed by atoms with Crippen molar-refractivity contribution in [1.82, 2.24) is 4.90 Å². The van der Waals surface area contributed by atoms with Crippen LogP contribution in [0.1, 0.15) is 104 Å². The molecule has 0 aliphatic carbocycles. The molecule has 0 aromatic rings. The second kappa shape index (κ2) is 20.0. The van der Waals surface area contributed by atoms with E-state index in [1.807, 2.05) is 13.8 Å². The molecule has 1 amide bonds. The Balaban J connectivity index is 3.92. The van der Waals surface area contributed by atoms with Gasteiger partial charge in [-0.15, -0.1) is 11.6 Å². The first-order valence-electron chi connectivity index (χ1n) is 12.1. The summed E-state index contributed by atoms with van der Waals surface area (Å²) in [5, 5.41) is 0. The van der Waals surface area contributed by atoms with E-state index in [1.165, 1.54) is 69.1 Å². The SMILES string of the molecule is CCCCCCCCCCCCCCOC(=O)C(CC(C)C)N(C)C(=O)OCCCl. The van der Waals surface area contributed by atoms with Gasteiger partial charge in [-0.05, 0) is 18.8 Å². The molecule has 1 atom stereocenters. The van der Waals surface area contributed by atoms with Crippen LogP contribution in [0.2, 0.25) is 0 Å². The van der Waals surface area contributed by atoms with Gasteiger partial charge in [0.15, 0.2) is 0 Å². The fourth-order valence-corrected chi connectivity index (χ4v) is 3.50. The molecule has 0 radical (unpaired) electrons. The number of hydrogen-bond donors (Lipinski definition) is 0. The fourth-order valence-electron chi connectivity index (χ4n) is 3.43. The number of halogens is 1. The third-order valence-electron chi connectivity index (χ3n) is 5.27. The number of esters is 1. The highest BCUT2D eigenvalue weighted by Gasteiger charge is 2.29. The third-order valence-corrected chi connectivity index (χ3v) is 5.42. The van der Waals surface area contributed by atoms with E-state index >= 15 is 0 Å². The average Bonchev–Trinajstić information content (AvgIpc) is 2.72. The number of likely N-dealkylation sites (N-methyl/N-ethyl adjacent to an activating group) is 1. The predicted molar refractivity (Wildman–Crippen MR) is 125 cm³/mol. The molecule has 0 saturated heterocycles. The van der Waals surface area contributed by atoms with Gasteiger partial charge < -0.3 is 9.47 Å². The minimum absolute atomic E-state index is 0.132. The molecule has 178 valence electrons. The summed E-state index contributed by atoms with van der Waals surface area (Å²) < 4.78 is 10.5. The Kier molecular flexibility index (Phi) is 19.3. The molecule has 0 heterocycles. The van der Waals surface area contributed by atoms with E-state index in [1.54, 1.807) is 7.05 Å². The quantitative estimate of drug-likeness (QED) is 0.122. The molecule has 0 saturated carbocycles. The molecular weight excluding hydrogens is 402 g/mol. The number of amides is 1. The lowest BCUT2D eigenvalue weighted by molar-refractivity contribution is -0.149. The van der Waals surface area contributed by atoms with Crippen molar-refractivity contribution in [2.45, 2.75) is 110 Å². The Morgan fingerprint density at radius 2 is 1.30 bits per heavy atom. The van der Waals surface area contributed by atoms with Gasteiger partial charge in [0.1, 0.15) is 12.6 Å². The molecule has 6 heteroatoms. The Labute approximate surface area is 190 Å². The summed E-state index contributed by atoms with van der Waals surface area (Å²) in [4.78, 5) is 25.9. The second-order valence-corrected chi connectivity index (χ2v) is 8.99. The highest BCUT2D eigenvalue weighted by atomic mass is 35.5. The van der Waals surface area contributed by atoms with E-state index in [-0.39, 0.29) is 24.4 Å². The molecule has 0 aliphatic heterocycles. The Bertz CT molecular complexity index is 431. The average molecular weight is 448 g/mol. The molecule has 1 unspecified atom stereocenters. The molecule has 0 bridgehead atoms. The van der Waals surface area contributed by atoms with Gasteiger partial charge in [0.2, 0.25) is 0 Å². The minimum atomic E-state index is -0.620. The van der Waals surface area contributed by atoms with E-state index in [9.17, 15) is 9.59 Å². The van der Waals surface area contributed by atoms with E-state index in [2.05, 4.69) is 6.92 Å². The van der Waals surface area contributed by atoms with Gasteiger partial charge in [-0.1, -0.05) is 91.4 Å². The van der Waals surface area contributed by atoms with Crippen molar-refractivity contribution < 1.29 is 19.1 Å². The second-order valence-electron chi connectivity index (χ2n) is 8.62. The maximum absolute atomic E-state index is 12.5. The zero-order chi connectivity index (χ0) is 22.6. The van der Waals surface area contributed by atoms with Crippen LogP contribution in [0.25, 0.3) is 0 Å². The monoisotopic (exact) mass is 447 g/mol.